The van der Waals surface area contributed by atoms with Crippen LogP contribution in [-0.4, -0.2) is 23.1 Å². The summed E-state index contributed by atoms with van der Waals surface area (Å²) in [5, 5.41) is 9.45. The van der Waals surface area contributed by atoms with Crippen molar-refractivity contribution < 1.29 is 0 Å². The number of hydrogen-bond donors (Lipinski definition) is 3. The van der Waals surface area contributed by atoms with E-state index in [-0.39, 0.29) is 5.56 Å². The molecule has 1 aromatic carbocycles. The van der Waals surface area contributed by atoms with Crippen molar-refractivity contribution >= 4 is 28.2 Å². The first kappa shape index (κ1) is 24.3. The van der Waals surface area contributed by atoms with E-state index in [9.17, 15) is 4.79 Å². The van der Waals surface area contributed by atoms with Gasteiger partial charge in [-0.15, -0.1) is 0 Å². The average Bonchev–Trinajstić information content (AvgIpc) is 2.86. The van der Waals surface area contributed by atoms with Gasteiger partial charge >= 0.3 is 0 Å². The fourth-order valence-electron chi connectivity index (χ4n) is 5.78. The number of hydrogen-bond acceptors (Lipinski definition) is 4. The predicted molar refractivity (Wildman–Crippen MR) is 146 cm³/mol. The van der Waals surface area contributed by atoms with Crippen LogP contribution in [0.1, 0.15) is 86.3 Å². The molecule has 2 aromatic heterocycles. The Hall–Kier alpha value is -2.37. The lowest BCUT2D eigenvalue weighted by Crippen LogP contribution is -2.28. The number of nitrogens with zero attached hydrogens (tertiary/aromatic N) is 1. The maximum Gasteiger partial charge on any atom is 0.248 e. The van der Waals surface area contributed by atoms with Gasteiger partial charge in [-0.25, -0.2) is 0 Å². The standard InChI is InChI=1S/C29H37ClN4O/c30-20-13-14-23-27(19-20)33-26-10-5-4-9-22(26)29(23)32-18-7-3-1-2-6-17-31-24-11-8-12-25-21(24)15-16-28(35)34-25/h13-16,19,24,31H,1-12,17-18H2,(H,32,33)(H,34,35)/t24-/m0/s1. The molecular formula is C29H37ClN4O. The average molecular weight is 493 g/mol. The van der Waals surface area contributed by atoms with Crippen LogP contribution in [0.5, 0.6) is 0 Å². The monoisotopic (exact) mass is 492 g/mol. The normalized spacial score (nSPS) is 17.2. The Morgan fingerprint density at radius 1 is 0.943 bits per heavy atom. The van der Waals surface area contributed by atoms with Gasteiger partial charge in [0, 0.05) is 46.1 Å². The number of unbranched alkanes of at least 4 members (excludes halogenated alkanes) is 4. The molecule has 35 heavy (non-hydrogen) atoms. The molecule has 2 aliphatic rings. The van der Waals surface area contributed by atoms with Crippen molar-refractivity contribution in [1.82, 2.24) is 15.3 Å². The van der Waals surface area contributed by atoms with Crippen LogP contribution >= 0.6 is 11.6 Å². The van der Waals surface area contributed by atoms with E-state index in [0.29, 0.717) is 6.04 Å². The van der Waals surface area contributed by atoms with Crippen LogP contribution < -0.4 is 16.2 Å². The Balaban J connectivity index is 1.05. The fourth-order valence-corrected chi connectivity index (χ4v) is 5.95. The van der Waals surface area contributed by atoms with Gasteiger partial charge in [0.1, 0.15) is 0 Å². The summed E-state index contributed by atoms with van der Waals surface area (Å²) >= 11 is 6.25. The molecule has 0 amide bonds. The van der Waals surface area contributed by atoms with Crippen LogP contribution in [0.2, 0.25) is 5.02 Å². The summed E-state index contributed by atoms with van der Waals surface area (Å²) < 4.78 is 0. The molecular weight excluding hydrogens is 456 g/mol. The number of benzene rings is 1. The van der Waals surface area contributed by atoms with Crippen molar-refractivity contribution in [3.05, 3.63) is 68.2 Å². The highest BCUT2D eigenvalue weighted by molar-refractivity contribution is 6.31. The van der Waals surface area contributed by atoms with Gasteiger partial charge < -0.3 is 15.6 Å². The van der Waals surface area contributed by atoms with Crippen molar-refractivity contribution in [2.45, 2.75) is 83.1 Å². The quantitative estimate of drug-likeness (QED) is 0.283. The number of H-pyrrole nitrogens is 1. The molecule has 2 aliphatic carbocycles. The van der Waals surface area contributed by atoms with E-state index >= 15 is 0 Å². The van der Waals surface area contributed by atoms with Crippen molar-refractivity contribution in [3.63, 3.8) is 0 Å². The predicted octanol–water partition coefficient (Wildman–Crippen LogP) is 6.48. The number of anilines is 1. The SMILES string of the molecule is O=c1ccc2c([nH]1)CCC[C@@H]2NCCCCCCCNc1c2c(nc3cc(Cl)ccc13)CCCC2. The van der Waals surface area contributed by atoms with E-state index in [1.54, 1.807) is 6.07 Å². The Kier molecular flexibility index (Phi) is 8.05. The van der Waals surface area contributed by atoms with Crippen LogP contribution in [0.25, 0.3) is 10.9 Å². The molecule has 0 saturated heterocycles. The highest BCUT2D eigenvalue weighted by Gasteiger charge is 2.20. The summed E-state index contributed by atoms with van der Waals surface area (Å²) in [5.41, 5.74) is 7.41. The van der Waals surface area contributed by atoms with E-state index in [0.717, 1.165) is 61.4 Å². The summed E-state index contributed by atoms with van der Waals surface area (Å²) in [6.45, 7) is 2.04. The number of fused-ring (bicyclic) bond motifs is 3. The van der Waals surface area contributed by atoms with Gasteiger partial charge in [0.25, 0.3) is 0 Å². The second-order valence-electron chi connectivity index (χ2n) is 10.1. The summed E-state index contributed by atoms with van der Waals surface area (Å²) in [4.78, 5) is 19.5. The van der Waals surface area contributed by atoms with Crippen LogP contribution in [0, 0.1) is 0 Å². The van der Waals surface area contributed by atoms with Crippen molar-refractivity contribution in [2.75, 3.05) is 18.4 Å². The molecule has 0 aliphatic heterocycles. The Morgan fingerprint density at radius 2 is 1.77 bits per heavy atom. The molecule has 1 atom stereocenters. The van der Waals surface area contributed by atoms with Crippen LogP contribution in [0.15, 0.2) is 35.1 Å². The van der Waals surface area contributed by atoms with Gasteiger partial charge in [0.15, 0.2) is 0 Å². The molecule has 0 bridgehead atoms. The lowest BCUT2D eigenvalue weighted by molar-refractivity contribution is 0.443. The van der Waals surface area contributed by atoms with Gasteiger partial charge in [0.05, 0.1) is 5.52 Å². The number of aryl methyl sites for hydroxylation is 2. The van der Waals surface area contributed by atoms with Crippen LogP contribution in [0.3, 0.4) is 0 Å². The topological polar surface area (TPSA) is 69.8 Å². The Labute approximate surface area is 213 Å². The molecule has 2 heterocycles. The van der Waals surface area contributed by atoms with Gasteiger partial charge in [-0.1, -0.05) is 36.9 Å². The molecule has 0 fully saturated rings. The zero-order valence-electron chi connectivity index (χ0n) is 20.6. The van der Waals surface area contributed by atoms with Crippen LogP contribution in [0.4, 0.5) is 5.69 Å². The number of rotatable bonds is 10. The molecule has 0 radical (unpaired) electrons. The van der Waals surface area contributed by atoms with E-state index in [1.807, 2.05) is 18.2 Å². The minimum Gasteiger partial charge on any atom is -0.384 e. The van der Waals surface area contributed by atoms with E-state index in [1.165, 1.54) is 72.8 Å². The van der Waals surface area contributed by atoms with Gasteiger partial charge in [-0.05, 0) is 93.7 Å². The molecule has 3 N–H and O–H groups in total. The highest BCUT2D eigenvalue weighted by Crippen LogP contribution is 2.34. The maximum atomic E-state index is 11.6. The molecule has 6 heteroatoms. The third-order valence-electron chi connectivity index (χ3n) is 7.60. The fraction of sp³-hybridized carbons (Fsp3) is 0.517. The summed E-state index contributed by atoms with van der Waals surface area (Å²) in [7, 11) is 0. The number of halogens is 1. The molecule has 186 valence electrons. The molecule has 3 aromatic rings. The third-order valence-corrected chi connectivity index (χ3v) is 7.84. The van der Waals surface area contributed by atoms with Crippen LogP contribution in [-0.2, 0) is 19.3 Å². The lowest BCUT2D eigenvalue weighted by atomic mass is 9.91. The van der Waals surface area contributed by atoms with Crippen molar-refractivity contribution in [3.8, 4) is 0 Å². The number of aromatic amines is 1. The minimum atomic E-state index is 0.0142. The zero-order valence-corrected chi connectivity index (χ0v) is 21.4. The number of aromatic nitrogens is 2. The summed E-state index contributed by atoms with van der Waals surface area (Å²) in [6.07, 6.45) is 14.1. The second kappa shape index (κ2) is 11.6. The van der Waals surface area contributed by atoms with Gasteiger partial charge in [-0.2, -0.15) is 0 Å². The van der Waals surface area contributed by atoms with Gasteiger partial charge in [0.2, 0.25) is 5.56 Å². The number of pyridine rings is 2. The van der Waals surface area contributed by atoms with E-state index < -0.39 is 0 Å². The van der Waals surface area contributed by atoms with Crippen molar-refractivity contribution in [1.29, 1.82) is 0 Å². The van der Waals surface area contributed by atoms with Crippen molar-refractivity contribution in [2.24, 2.45) is 0 Å². The largest absolute Gasteiger partial charge is 0.384 e. The number of nitrogens with one attached hydrogen (secondary N) is 3. The van der Waals surface area contributed by atoms with E-state index in [2.05, 4.69) is 21.7 Å². The third kappa shape index (κ3) is 5.90. The first-order valence-electron chi connectivity index (χ1n) is 13.5. The first-order chi connectivity index (χ1) is 17.2. The molecule has 5 rings (SSSR count). The smallest absolute Gasteiger partial charge is 0.248 e. The lowest BCUT2D eigenvalue weighted by Gasteiger charge is -2.26. The molecule has 0 spiro atoms. The van der Waals surface area contributed by atoms with E-state index in [4.69, 9.17) is 16.6 Å². The first-order valence-corrected chi connectivity index (χ1v) is 13.9. The summed E-state index contributed by atoms with van der Waals surface area (Å²) in [5.74, 6) is 0. The van der Waals surface area contributed by atoms with Gasteiger partial charge in [-0.3, -0.25) is 9.78 Å². The highest BCUT2D eigenvalue weighted by atomic mass is 35.5. The molecule has 5 nitrogen and oxygen atoms in total. The Bertz CT molecular complexity index is 1220. The maximum absolute atomic E-state index is 11.6. The zero-order chi connectivity index (χ0) is 24.0. The molecule has 0 saturated carbocycles. The molecule has 0 unspecified atom stereocenters. The minimum absolute atomic E-state index is 0.0142. The second-order valence-corrected chi connectivity index (χ2v) is 10.6. The summed E-state index contributed by atoms with van der Waals surface area (Å²) in [6, 6.07) is 10.1. The Morgan fingerprint density at radius 3 is 2.69 bits per heavy atom.